The highest BCUT2D eigenvalue weighted by Crippen LogP contribution is 2.62. The number of hydrogen-bond acceptors (Lipinski definition) is 2. The first-order chi connectivity index (χ1) is 7.58. The van der Waals surface area contributed by atoms with Gasteiger partial charge in [-0.05, 0) is 68.1 Å². The van der Waals surface area contributed by atoms with E-state index in [-0.39, 0.29) is 0 Å². The SMILES string of the molecule is N[C@H](CC12CCC3CC(CC3C1)C2)C(=O)O. The number of hydrogen-bond donors (Lipinski definition) is 2. The maximum atomic E-state index is 10.9. The third-order valence-corrected chi connectivity index (χ3v) is 5.37. The third kappa shape index (κ3) is 1.56. The Hall–Kier alpha value is -0.570. The van der Waals surface area contributed by atoms with Crippen LogP contribution >= 0.6 is 0 Å². The third-order valence-electron chi connectivity index (χ3n) is 5.37. The molecule has 3 nitrogen and oxygen atoms in total. The summed E-state index contributed by atoms with van der Waals surface area (Å²) in [5, 5.41) is 8.96. The zero-order valence-corrected chi connectivity index (χ0v) is 9.69. The molecule has 4 unspecified atom stereocenters. The van der Waals surface area contributed by atoms with E-state index in [1.165, 1.54) is 38.5 Å². The van der Waals surface area contributed by atoms with Crippen LogP contribution in [0.1, 0.15) is 44.9 Å². The lowest BCUT2D eigenvalue weighted by Crippen LogP contribution is -2.42. The summed E-state index contributed by atoms with van der Waals surface area (Å²) >= 11 is 0. The number of nitrogens with two attached hydrogens (primary N) is 1. The summed E-state index contributed by atoms with van der Waals surface area (Å²) in [6.45, 7) is 0. The van der Waals surface area contributed by atoms with E-state index in [2.05, 4.69) is 0 Å². The highest BCUT2D eigenvalue weighted by molar-refractivity contribution is 5.73. The van der Waals surface area contributed by atoms with Crippen molar-refractivity contribution in [3.63, 3.8) is 0 Å². The molecule has 5 atom stereocenters. The maximum Gasteiger partial charge on any atom is 0.320 e. The minimum absolute atomic E-state index is 0.290. The second-order valence-corrected chi connectivity index (χ2v) is 6.45. The minimum atomic E-state index is -0.825. The van der Waals surface area contributed by atoms with Crippen LogP contribution in [0.15, 0.2) is 0 Å². The van der Waals surface area contributed by atoms with Crippen LogP contribution < -0.4 is 5.73 Å². The van der Waals surface area contributed by atoms with E-state index in [1.54, 1.807) is 0 Å². The highest BCUT2D eigenvalue weighted by atomic mass is 16.4. The highest BCUT2D eigenvalue weighted by Gasteiger charge is 2.52. The van der Waals surface area contributed by atoms with Gasteiger partial charge in [0.25, 0.3) is 0 Å². The van der Waals surface area contributed by atoms with Crippen molar-refractivity contribution in [1.29, 1.82) is 0 Å². The molecule has 3 N–H and O–H groups in total. The molecule has 0 aliphatic heterocycles. The van der Waals surface area contributed by atoms with Gasteiger partial charge in [-0.3, -0.25) is 4.79 Å². The minimum Gasteiger partial charge on any atom is -0.480 e. The molecule has 3 aliphatic rings. The molecular weight excluding hydrogens is 202 g/mol. The van der Waals surface area contributed by atoms with Gasteiger partial charge in [0.1, 0.15) is 6.04 Å². The maximum absolute atomic E-state index is 10.9. The number of rotatable bonds is 3. The Morgan fingerprint density at radius 3 is 2.88 bits per heavy atom. The zero-order chi connectivity index (χ0) is 11.3. The van der Waals surface area contributed by atoms with Crippen LogP contribution in [-0.2, 0) is 4.79 Å². The number of aliphatic carboxylic acids is 1. The Morgan fingerprint density at radius 2 is 2.12 bits per heavy atom. The fraction of sp³-hybridized carbons (Fsp3) is 0.923. The quantitative estimate of drug-likeness (QED) is 0.769. The van der Waals surface area contributed by atoms with E-state index in [1.807, 2.05) is 0 Å². The van der Waals surface area contributed by atoms with E-state index < -0.39 is 12.0 Å². The largest absolute Gasteiger partial charge is 0.480 e. The monoisotopic (exact) mass is 223 g/mol. The molecule has 3 saturated carbocycles. The molecule has 3 heteroatoms. The number of carboxylic acids is 1. The van der Waals surface area contributed by atoms with Gasteiger partial charge in [0.2, 0.25) is 0 Å². The molecule has 3 rings (SSSR count). The van der Waals surface area contributed by atoms with E-state index >= 15 is 0 Å². The molecular formula is C13H21NO2. The molecule has 0 aromatic carbocycles. The topological polar surface area (TPSA) is 63.3 Å². The van der Waals surface area contributed by atoms with Crippen LogP contribution in [0.25, 0.3) is 0 Å². The van der Waals surface area contributed by atoms with Gasteiger partial charge in [-0.2, -0.15) is 0 Å². The normalized spacial score (nSPS) is 46.9. The van der Waals surface area contributed by atoms with Crippen LogP contribution in [0.3, 0.4) is 0 Å². The van der Waals surface area contributed by atoms with Crippen molar-refractivity contribution in [3.8, 4) is 0 Å². The van der Waals surface area contributed by atoms with Crippen molar-refractivity contribution >= 4 is 5.97 Å². The summed E-state index contributed by atoms with van der Waals surface area (Å²) in [6.07, 6.45) is 8.60. The second kappa shape index (κ2) is 3.46. The fourth-order valence-corrected chi connectivity index (χ4v) is 4.88. The van der Waals surface area contributed by atoms with E-state index in [0.717, 1.165) is 17.8 Å². The van der Waals surface area contributed by atoms with Crippen molar-refractivity contribution in [2.24, 2.45) is 28.9 Å². The number of carbonyl (C=O) groups is 1. The smallest absolute Gasteiger partial charge is 0.320 e. The Labute approximate surface area is 96.4 Å². The van der Waals surface area contributed by atoms with Gasteiger partial charge in [-0.15, -0.1) is 0 Å². The Kier molecular flexibility index (Phi) is 2.29. The first kappa shape index (κ1) is 10.6. The predicted octanol–water partition coefficient (Wildman–Crippen LogP) is 2.00. The molecule has 0 heterocycles. The Morgan fingerprint density at radius 1 is 1.38 bits per heavy atom. The van der Waals surface area contributed by atoms with Gasteiger partial charge in [0.15, 0.2) is 0 Å². The van der Waals surface area contributed by atoms with Gasteiger partial charge in [-0.25, -0.2) is 0 Å². The molecule has 0 spiro atoms. The lowest BCUT2D eigenvalue weighted by Gasteiger charge is -2.46. The van der Waals surface area contributed by atoms with Crippen LogP contribution in [0, 0.1) is 23.2 Å². The average molecular weight is 223 g/mol. The molecule has 3 aliphatic carbocycles. The fourth-order valence-electron chi connectivity index (χ4n) is 4.88. The van der Waals surface area contributed by atoms with Gasteiger partial charge in [0, 0.05) is 0 Å². The molecule has 0 aromatic rings. The van der Waals surface area contributed by atoms with Gasteiger partial charge >= 0.3 is 5.97 Å². The lowest BCUT2D eigenvalue weighted by atomic mass is 9.60. The average Bonchev–Trinajstić information content (AvgIpc) is 2.42. The summed E-state index contributed by atoms with van der Waals surface area (Å²) in [7, 11) is 0. The summed E-state index contributed by atoms with van der Waals surface area (Å²) < 4.78 is 0. The Bertz CT molecular complexity index is 313. The molecule has 3 fully saturated rings. The Balaban J connectivity index is 1.76. The molecule has 90 valence electrons. The number of fused-ring (bicyclic) bond motifs is 2. The summed E-state index contributed by atoms with van der Waals surface area (Å²) in [5.41, 5.74) is 6.03. The van der Waals surface area contributed by atoms with E-state index in [4.69, 9.17) is 10.8 Å². The van der Waals surface area contributed by atoms with Crippen LogP contribution in [0.4, 0.5) is 0 Å². The van der Waals surface area contributed by atoms with Crippen molar-refractivity contribution in [3.05, 3.63) is 0 Å². The molecule has 0 saturated heterocycles. The molecule has 3 bridgehead atoms. The molecule has 0 amide bonds. The van der Waals surface area contributed by atoms with Crippen LogP contribution in [0.2, 0.25) is 0 Å². The molecule has 0 aromatic heterocycles. The van der Waals surface area contributed by atoms with E-state index in [9.17, 15) is 4.79 Å². The van der Waals surface area contributed by atoms with Gasteiger partial charge in [0.05, 0.1) is 0 Å². The molecule has 0 radical (unpaired) electrons. The summed E-state index contributed by atoms with van der Waals surface area (Å²) in [4.78, 5) is 10.9. The number of carboxylic acid groups (broad SMARTS) is 1. The van der Waals surface area contributed by atoms with E-state index in [0.29, 0.717) is 11.8 Å². The summed E-state index contributed by atoms with van der Waals surface area (Å²) in [6, 6.07) is -0.644. The van der Waals surface area contributed by atoms with Crippen LogP contribution in [0.5, 0.6) is 0 Å². The van der Waals surface area contributed by atoms with Crippen molar-refractivity contribution in [2.75, 3.05) is 0 Å². The first-order valence-electron chi connectivity index (χ1n) is 6.56. The van der Waals surface area contributed by atoms with Crippen LogP contribution in [-0.4, -0.2) is 17.1 Å². The standard InChI is InChI=1S/C13H21NO2/c14-11(12(15)16)7-13-2-1-9-3-8(5-13)4-10(9)6-13/h8-11H,1-7,14H2,(H,15,16)/t8?,9?,10?,11-,13?/m1/s1. The molecule has 16 heavy (non-hydrogen) atoms. The lowest BCUT2D eigenvalue weighted by molar-refractivity contribution is -0.140. The van der Waals surface area contributed by atoms with Gasteiger partial charge in [-0.1, -0.05) is 0 Å². The zero-order valence-electron chi connectivity index (χ0n) is 9.69. The van der Waals surface area contributed by atoms with Gasteiger partial charge < -0.3 is 10.8 Å². The van der Waals surface area contributed by atoms with Crippen molar-refractivity contribution < 1.29 is 9.90 Å². The summed E-state index contributed by atoms with van der Waals surface area (Å²) in [5.74, 6) is 1.91. The first-order valence-corrected chi connectivity index (χ1v) is 6.56. The second-order valence-electron chi connectivity index (χ2n) is 6.45. The van der Waals surface area contributed by atoms with Crippen molar-refractivity contribution in [1.82, 2.24) is 0 Å². The predicted molar refractivity (Wildman–Crippen MR) is 60.8 cm³/mol. The van der Waals surface area contributed by atoms with Crippen molar-refractivity contribution in [2.45, 2.75) is 51.0 Å².